The van der Waals surface area contributed by atoms with Crippen LogP contribution in [0.2, 0.25) is 0 Å². The predicted molar refractivity (Wildman–Crippen MR) is 97.4 cm³/mol. The van der Waals surface area contributed by atoms with Crippen LogP contribution >= 0.6 is 0 Å². The van der Waals surface area contributed by atoms with Gasteiger partial charge in [-0.15, -0.1) is 0 Å². The van der Waals surface area contributed by atoms with Crippen molar-refractivity contribution in [3.63, 3.8) is 0 Å². The van der Waals surface area contributed by atoms with Gasteiger partial charge >= 0.3 is 5.97 Å². The van der Waals surface area contributed by atoms with E-state index >= 15 is 0 Å². The maximum absolute atomic E-state index is 12.0. The number of nitrogens with two attached hydrogens (primary N) is 1. The van der Waals surface area contributed by atoms with Crippen LogP contribution in [-0.4, -0.2) is 57.8 Å². The highest BCUT2D eigenvalue weighted by molar-refractivity contribution is 7.89. The molecule has 1 atom stereocenters. The molecule has 2 amide bonds. The zero-order valence-corrected chi connectivity index (χ0v) is 15.9. The van der Waals surface area contributed by atoms with E-state index in [4.69, 9.17) is 15.2 Å². The summed E-state index contributed by atoms with van der Waals surface area (Å²) in [6.45, 7) is 2.87. The van der Waals surface area contributed by atoms with Crippen molar-refractivity contribution >= 4 is 33.5 Å². The van der Waals surface area contributed by atoms with Crippen LogP contribution in [0.1, 0.15) is 24.2 Å². The van der Waals surface area contributed by atoms with Gasteiger partial charge < -0.3 is 20.5 Å². The highest BCUT2D eigenvalue weighted by atomic mass is 32.2. The highest BCUT2D eigenvalue weighted by Crippen LogP contribution is 2.10. The number of rotatable bonds is 11. The molecule has 1 rings (SSSR count). The molecule has 0 unspecified atom stereocenters. The minimum atomic E-state index is -3.68. The van der Waals surface area contributed by atoms with Gasteiger partial charge in [0.1, 0.15) is 6.54 Å². The molecule has 0 heterocycles. The fourth-order valence-corrected chi connectivity index (χ4v) is 2.63. The van der Waals surface area contributed by atoms with Gasteiger partial charge in [-0.05, 0) is 38.1 Å². The van der Waals surface area contributed by atoms with E-state index in [1.54, 1.807) is 6.92 Å². The fraction of sp³-hybridized carbons (Fsp3) is 0.438. The van der Waals surface area contributed by atoms with Crippen molar-refractivity contribution < 1.29 is 32.3 Å². The first-order valence-corrected chi connectivity index (χ1v) is 9.75. The van der Waals surface area contributed by atoms with Crippen molar-refractivity contribution in [2.24, 2.45) is 5.73 Å². The molecular formula is C16H23N3O7S. The first-order chi connectivity index (χ1) is 12.6. The maximum atomic E-state index is 12.0. The summed E-state index contributed by atoms with van der Waals surface area (Å²) in [6, 6.07) is 5.81. The standard InChI is InChI=1S/C16H23N3O7S/c1-3-25-8-9-27(23,24)18-10-14(20)26-11(2)16(22)19-13-6-4-12(5-7-13)15(17)21/h4-7,11,18H,3,8-10H2,1-2H3,(H2,17,21)(H,19,22)/t11-/m1/s1. The molecule has 0 aliphatic rings. The Morgan fingerprint density at radius 2 is 1.81 bits per heavy atom. The number of anilines is 1. The molecule has 27 heavy (non-hydrogen) atoms. The Bertz CT molecular complexity index is 763. The van der Waals surface area contributed by atoms with Gasteiger partial charge in [0, 0.05) is 17.9 Å². The summed E-state index contributed by atoms with van der Waals surface area (Å²) < 4.78 is 35.2. The topological polar surface area (TPSA) is 154 Å². The molecule has 1 aromatic rings. The van der Waals surface area contributed by atoms with Crippen LogP contribution in [-0.2, 0) is 29.1 Å². The lowest BCUT2D eigenvalue weighted by Crippen LogP contribution is -2.37. The van der Waals surface area contributed by atoms with Crippen molar-refractivity contribution in [3.8, 4) is 0 Å². The number of amides is 2. The lowest BCUT2D eigenvalue weighted by atomic mass is 10.2. The lowest BCUT2D eigenvalue weighted by Gasteiger charge is -2.14. The number of hydrogen-bond acceptors (Lipinski definition) is 7. The Kier molecular flexibility index (Phi) is 8.85. The number of carbonyl (C=O) groups excluding carboxylic acids is 3. The van der Waals surface area contributed by atoms with Gasteiger partial charge in [0.25, 0.3) is 5.91 Å². The average Bonchev–Trinajstić information content (AvgIpc) is 2.60. The zero-order valence-electron chi connectivity index (χ0n) is 15.1. The largest absolute Gasteiger partial charge is 0.452 e. The minimum absolute atomic E-state index is 0.00817. The molecule has 0 saturated carbocycles. The summed E-state index contributed by atoms with van der Waals surface area (Å²) in [5, 5.41) is 2.50. The molecule has 150 valence electrons. The number of primary amides is 1. The van der Waals surface area contributed by atoms with E-state index in [1.807, 2.05) is 0 Å². The quantitative estimate of drug-likeness (QED) is 0.337. The lowest BCUT2D eigenvalue weighted by molar-refractivity contribution is -0.151. The van der Waals surface area contributed by atoms with E-state index in [9.17, 15) is 22.8 Å². The Balaban J connectivity index is 2.45. The van der Waals surface area contributed by atoms with Crippen LogP contribution in [0.4, 0.5) is 5.69 Å². The van der Waals surface area contributed by atoms with E-state index < -0.39 is 40.5 Å². The van der Waals surface area contributed by atoms with Crippen molar-refractivity contribution in [3.05, 3.63) is 29.8 Å². The van der Waals surface area contributed by atoms with E-state index in [-0.39, 0.29) is 17.9 Å². The number of esters is 1. The third-order valence-electron chi connectivity index (χ3n) is 3.25. The van der Waals surface area contributed by atoms with Gasteiger partial charge in [-0.25, -0.2) is 13.1 Å². The molecule has 11 heteroatoms. The smallest absolute Gasteiger partial charge is 0.321 e. The van der Waals surface area contributed by atoms with Crippen LogP contribution in [0, 0.1) is 0 Å². The molecule has 0 aliphatic carbocycles. The molecule has 0 aromatic heterocycles. The Morgan fingerprint density at radius 1 is 1.19 bits per heavy atom. The van der Waals surface area contributed by atoms with E-state index in [0.717, 1.165) is 0 Å². The molecule has 0 spiro atoms. The van der Waals surface area contributed by atoms with E-state index in [1.165, 1.54) is 31.2 Å². The Morgan fingerprint density at radius 3 is 2.37 bits per heavy atom. The molecule has 0 fully saturated rings. The fourth-order valence-electron chi connectivity index (χ4n) is 1.81. The summed E-state index contributed by atoms with van der Waals surface area (Å²) in [5.74, 6) is -2.40. The van der Waals surface area contributed by atoms with Crippen LogP contribution in [0.25, 0.3) is 0 Å². The van der Waals surface area contributed by atoms with Crippen molar-refractivity contribution in [2.75, 3.05) is 30.8 Å². The van der Waals surface area contributed by atoms with Crippen LogP contribution in [0.3, 0.4) is 0 Å². The van der Waals surface area contributed by atoms with E-state index in [0.29, 0.717) is 12.3 Å². The van der Waals surface area contributed by atoms with Crippen LogP contribution in [0.15, 0.2) is 24.3 Å². The minimum Gasteiger partial charge on any atom is -0.452 e. The zero-order chi connectivity index (χ0) is 20.4. The van der Waals surface area contributed by atoms with Gasteiger partial charge in [-0.3, -0.25) is 14.4 Å². The normalized spacial score (nSPS) is 12.2. The van der Waals surface area contributed by atoms with E-state index in [2.05, 4.69) is 10.0 Å². The molecule has 0 aliphatic heterocycles. The van der Waals surface area contributed by atoms with Crippen molar-refractivity contribution in [1.82, 2.24) is 4.72 Å². The molecule has 10 nitrogen and oxygen atoms in total. The van der Waals surface area contributed by atoms with Gasteiger partial charge in [0.05, 0.1) is 12.4 Å². The molecule has 4 N–H and O–H groups in total. The van der Waals surface area contributed by atoms with Gasteiger partial charge in [-0.2, -0.15) is 0 Å². The summed E-state index contributed by atoms with van der Waals surface area (Å²) in [7, 11) is -3.68. The second-order valence-electron chi connectivity index (χ2n) is 5.40. The predicted octanol–water partition coefficient (Wildman–Crippen LogP) is -0.388. The van der Waals surface area contributed by atoms with Gasteiger partial charge in [-0.1, -0.05) is 0 Å². The highest BCUT2D eigenvalue weighted by Gasteiger charge is 2.19. The van der Waals surface area contributed by atoms with Crippen molar-refractivity contribution in [2.45, 2.75) is 20.0 Å². The summed E-state index contributed by atoms with van der Waals surface area (Å²) >= 11 is 0. The van der Waals surface area contributed by atoms with Crippen LogP contribution < -0.4 is 15.8 Å². The van der Waals surface area contributed by atoms with Crippen molar-refractivity contribution in [1.29, 1.82) is 0 Å². The number of hydrogen-bond donors (Lipinski definition) is 3. The number of ether oxygens (including phenoxy) is 2. The summed E-state index contributed by atoms with van der Waals surface area (Å²) in [5.41, 5.74) is 5.78. The van der Waals surface area contributed by atoms with Crippen LogP contribution in [0.5, 0.6) is 0 Å². The Labute approximate surface area is 157 Å². The number of sulfonamides is 1. The average molecular weight is 401 g/mol. The van der Waals surface area contributed by atoms with Gasteiger partial charge in [0.15, 0.2) is 6.10 Å². The SMILES string of the molecule is CCOCCS(=O)(=O)NCC(=O)O[C@H](C)C(=O)Nc1ccc(C(N)=O)cc1. The second-order valence-corrected chi connectivity index (χ2v) is 7.33. The third-order valence-corrected chi connectivity index (χ3v) is 4.54. The number of benzene rings is 1. The molecule has 1 aromatic carbocycles. The number of nitrogens with one attached hydrogen (secondary N) is 2. The monoisotopic (exact) mass is 401 g/mol. The first kappa shape index (κ1) is 22.5. The number of carbonyl (C=O) groups is 3. The molecular weight excluding hydrogens is 378 g/mol. The molecule has 0 saturated heterocycles. The summed E-state index contributed by atoms with van der Waals surface area (Å²) in [6.07, 6.45) is -1.15. The third kappa shape index (κ3) is 8.62. The van der Waals surface area contributed by atoms with Gasteiger partial charge in [0.2, 0.25) is 15.9 Å². The first-order valence-electron chi connectivity index (χ1n) is 8.10. The molecule has 0 radical (unpaired) electrons. The summed E-state index contributed by atoms with van der Waals surface area (Å²) in [4.78, 5) is 34.7. The Hall–Kier alpha value is -2.50. The second kappa shape index (κ2) is 10.6. The molecule has 0 bridgehead atoms. The maximum Gasteiger partial charge on any atom is 0.321 e.